The molecule has 3 heterocycles. The summed E-state index contributed by atoms with van der Waals surface area (Å²) in [6.45, 7) is 3.38. The number of nitrogens with one attached hydrogen (secondary N) is 1. The normalized spacial score (nSPS) is 20.2. The highest BCUT2D eigenvalue weighted by atomic mass is 32.1. The van der Waals surface area contributed by atoms with Crippen LogP contribution in [-0.2, 0) is 14.3 Å². The minimum atomic E-state index is -0.684. The van der Waals surface area contributed by atoms with E-state index in [1.54, 1.807) is 19.1 Å². The largest absolute Gasteiger partial charge is 0.390 e. The van der Waals surface area contributed by atoms with Crippen LogP contribution in [0.5, 0.6) is 0 Å². The maximum Gasteiger partial charge on any atom is 0.246 e. The van der Waals surface area contributed by atoms with Crippen LogP contribution >= 0.6 is 11.3 Å². The molecule has 0 radical (unpaired) electrons. The zero-order chi connectivity index (χ0) is 26.6. The van der Waals surface area contributed by atoms with Gasteiger partial charge in [0.2, 0.25) is 11.8 Å². The van der Waals surface area contributed by atoms with Crippen LogP contribution in [0.25, 0.3) is 22.0 Å². The lowest BCUT2D eigenvalue weighted by atomic mass is 9.90. The molecule has 0 saturated carbocycles. The molecule has 0 aliphatic carbocycles. The Morgan fingerprint density at radius 1 is 1.21 bits per heavy atom. The second-order valence-corrected chi connectivity index (χ2v) is 10.7. The highest BCUT2D eigenvalue weighted by molar-refractivity contribution is 7.10. The third kappa shape index (κ3) is 5.28. The predicted molar refractivity (Wildman–Crippen MR) is 146 cm³/mol. The Hall–Kier alpha value is -3.37. The van der Waals surface area contributed by atoms with E-state index < -0.39 is 12.1 Å². The van der Waals surface area contributed by atoms with Gasteiger partial charge in [-0.25, -0.2) is 9.37 Å². The Bertz CT molecular complexity index is 1340. The van der Waals surface area contributed by atoms with E-state index in [9.17, 15) is 14.0 Å². The molecule has 2 aliphatic heterocycles. The number of fused-ring (bicyclic) bond motifs is 1. The predicted octanol–water partition coefficient (Wildman–Crippen LogP) is 4.05. The van der Waals surface area contributed by atoms with Crippen molar-refractivity contribution in [2.45, 2.75) is 50.7 Å². The lowest BCUT2D eigenvalue weighted by molar-refractivity contribution is -0.140. The van der Waals surface area contributed by atoms with Gasteiger partial charge in [0.25, 0.3) is 0 Å². The van der Waals surface area contributed by atoms with Gasteiger partial charge in [0.05, 0.1) is 18.1 Å². The van der Waals surface area contributed by atoms with E-state index in [0.717, 1.165) is 40.8 Å². The van der Waals surface area contributed by atoms with Gasteiger partial charge in [-0.3, -0.25) is 14.6 Å². The topological polar surface area (TPSA) is 110 Å². The van der Waals surface area contributed by atoms with E-state index in [4.69, 9.17) is 15.5 Å². The van der Waals surface area contributed by atoms with Crippen LogP contribution in [0.2, 0.25) is 0 Å². The van der Waals surface area contributed by atoms with Crippen molar-refractivity contribution in [3.05, 3.63) is 52.6 Å². The second-order valence-electron chi connectivity index (χ2n) is 9.81. The zero-order valence-electron chi connectivity index (χ0n) is 21.3. The number of ether oxygens (including phenoxy) is 1. The molecule has 1 aromatic heterocycles. The Morgan fingerprint density at radius 2 is 1.97 bits per heavy atom. The molecule has 200 valence electrons. The zero-order valence-corrected chi connectivity index (χ0v) is 22.1. The minimum Gasteiger partial charge on any atom is -0.390 e. The van der Waals surface area contributed by atoms with Crippen molar-refractivity contribution in [3.63, 3.8) is 0 Å². The number of hydrogen-bond acceptors (Lipinski definition) is 6. The molecule has 2 aromatic carbocycles. The standard InChI is InChI=1S/C28H32FN5O3S/c1-17(31-16-30)26(35)33-25(18-10-13-37-14-11-18)28(36)34-12-4-7-24(34)27-32-23(15-38-27)21-8-9-22(29)20-6-3-2-5-19(20)21/h2-3,5-6,8-9,15-18,24-25H,4,7,10-14H2,1H3,(H2,30,31)(H,33,35)/t17?,24-,25-/m0/s1. The fraction of sp³-hybridized carbons (Fsp3) is 0.429. The summed E-state index contributed by atoms with van der Waals surface area (Å²) in [5.41, 5.74) is 7.01. The molecule has 8 nitrogen and oxygen atoms in total. The van der Waals surface area contributed by atoms with E-state index >= 15 is 0 Å². The van der Waals surface area contributed by atoms with Crippen LogP contribution in [0.4, 0.5) is 4.39 Å². The van der Waals surface area contributed by atoms with Crippen LogP contribution in [0, 0.1) is 11.7 Å². The molecule has 5 rings (SSSR count). The van der Waals surface area contributed by atoms with Gasteiger partial charge in [0, 0.05) is 36.1 Å². The molecular weight excluding hydrogens is 505 g/mol. The molecule has 0 bridgehead atoms. The number of thiazole rings is 1. The van der Waals surface area contributed by atoms with Gasteiger partial charge < -0.3 is 20.7 Å². The number of rotatable bonds is 7. The van der Waals surface area contributed by atoms with Crippen LogP contribution in [-0.4, -0.2) is 59.9 Å². The van der Waals surface area contributed by atoms with Crippen molar-refractivity contribution in [1.82, 2.24) is 15.2 Å². The number of carbonyl (C=O) groups excluding carboxylic acids is 2. The minimum absolute atomic E-state index is 0.0204. The first-order valence-corrected chi connectivity index (χ1v) is 13.9. The SMILES string of the molecule is CC(N=CN)C(=O)N[C@H](C(=O)N1CCC[C@H]1c1nc(-c2ccc(F)c3ccccc23)cs1)C1CCOCC1. The first kappa shape index (κ1) is 26.2. The van der Waals surface area contributed by atoms with Crippen molar-refractivity contribution < 1.29 is 18.7 Å². The molecule has 2 aliphatic rings. The average molecular weight is 538 g/mol. The van der Waals surface area contributed by atoms with Crippen LogP contribution in [0.3, 0.4) is 0 Å². The highest BCUT2D eigenvalue weighted by Gasteiger charge is 2.40. The number of nitrogens with two attached hydrogens (primary N) is 1. The molecule has 3 aromatic rings. The Kier molecular flexibility index (Phi) is 7.99. The molecular formula is C28H32FN5O3S. The number of benzene rings is 2. The summed E-state index contributed by atoms with van der Waals surface area (Å²) in [4.78, 5) is 37.6. The monoisotopic (exact) mass is 537 g/mol. The second kappa shape index (κ2) is 11.6. The fourth-order valence-electron chi connectivity index (χ4n) is 5.42. The van der Waals surface area contributed by atoms with Crippen molar-refractivity contribution in [3.8, 4) is 11.3 Å². The lowest BCUT2D eigenvalue weighted by Gasteiger charge is -2.34. The number of aliphatic imine (C=N–C) groups is 1. The number of hydrogen-bond donors (Lipinski definition) is 2. The smallest absolute Gasteiger partial charge is 0.246 e. The van der Waals surface area contributed by atoms with Crippen LogP contribution < -0.4 is 11.1 Å². The third-order valence-corrected chi connectivity index (χ3v) is 8.43. The molecule has 3 atom stereocenters. The van der Waals surface area contributed by atoms with Gasteiger partial charge in [0.15, 0.2) is 0 Å². The molecule has 2 saturated heterocycles. The van der Waals surface area contributed by atoms with E-state index in [1.807, 2.05) is 28.5 Å². The van der Waals surface area contributed by atoms with Gasteiger partial charge >= 0.3 is 0 Å². The van der Waals surface area contributed by atoms with Gasteiger partial charge in [-0.1, -0.05) is 24.3 Å². The summed E-state index contributed by atoms with van der Waals surface area (Å²) in [5.74, 6) is -0.708. The van der Waals surface area contributed by atoms with Crippen molar-refractivity contribution in [2.24, 2.45) is 16.6 Å². The third-order valence-electron chi connectivity index (χ3n) is 7.48. The first-order valence-electron chi connectivity index (χ1n) is 13.0. The number of carbonyl (C=O) groups is 2. The highest BCUT2D eigenvalue weighted by Crippen LogP contribution is 2.38. The maximum atomic E-state index is 14.4. The van der Waals surface area contributed by atoms with E-state index in [0.29, 0.717) is 38.0 Å². The molecule has 10 heteroatoms. The quantitative estimate of drug-likeness (QED) is 0.349. The van der Waals surface area contributed by atoms with E-state index in [1.165, 1.54) is 17.4 Å². The number of nitrogens with zero attached hydrogens (tertiary/aromatic N) is 3. The molecule has 0 spiro atoms. The number of aromatic nitrogens is 1. The van der Waals surface area contributed by atoms with E-state index in [-0.39, 0.29) is 29.6 Å². The van der Waals surface area contributed by atoms with Crippen molar-refractivity contribution in [1.29, 1.82) is 0 Å². The summed E-state index contributed by atoms with van der Waals surface area (Å²) in [5, 5.41) is 7.15. The summed E-state index contributed by atoms with van der Waals surface area (Å²) in [7, 11) is 0. The van der Waals surface area contributed by atoms with Gasteiger partial charge in [-0.05, 0) is 56.0 Å². The van der Waals surface area contributed by atoms with Gasteiger partial charge in [0.1, 0.15) is 22.9 Å². The molecule has 3 N–H and O–H groups in total. The molecule has 38 heavy (non-hydrogen) atoms. The lowest BCUT2D eigenvalue weighted by Crippen LogP contribution is -2.54. The number of halogens is 1. The van der Waals surface area contributed by atoms with Crippen molar-refractivity contribution in [2.75, 3.05) is 19.8 Å². The van der Waals surface area contributed by atoms with Gasteiger partial charge in [-0.15, -0.1) is 11.3 Å². The summed E-state index contributed by atoms with van der Waals surface area (Å²) < 4.78 is 19.9. The van der Waals surface area contributed by atoms with Gasteiger partial charge in [-0.2, -0.15) is 0 Å². The summed E-state index contributed by atoms with van der Waals surface area (Å²) >= 11 is 1.51. The fourth-order valence-corrected chi connectivity index (χ4v) is 6.38. The van der Waals surface area contributed by atoms with Crippen molar-refractivity contribution >= 4 is 40.3 Å². The number of likely N-dealkylation sites (tertiary alicyclic amines) is 1. The summed E-state index contributed by atoms with van der Waals surface area (Å²) in [6.07, 6.45) is 4.15. The van der Waals surface area contributed by atoms with Crippen LogP contribution in [0.15, 0.2) is 46.8 Å². The first-order chi connectivity index (χ1) is 18.5. The molecule has 1 unspecified atom stereocenters. The number of amides is 2. The average Bonchev–Trinajstić information content (AvgIpc) is 3.62. The Labute approximate surface area is 225 Å². The maximum absolute atomic E-state index is 14.4. The van der Waals surface area contributed by atoms with E-state index in [2.05, 4.69) is 10.3 Å². The Balaban J connectivity index is 1.40. The summed E-state index contributed by atoms with van der Waals surface area (Å²) in [6, 6.07) is 9.08. The van der Waals surface area contributed by atoms with Crippen LogP contribution in [0.1, 0.15) is 43.7 Å². The molecule has 2 fully saturated rings. The Morgan fingerprint density at radius 3 is 2.74 bits per heavy atom. The molecule has 2 amide bonds.